The summed E-state index contributed by atoms with van der Waals surface area (Å²) in [6, 6.07) is 10.3. The Kier molecular flexibility index (Phi) is 4.57. The summed E-state index contributed by atoms with van der Waals surface area (Å²) in [5.41, 5.74) is 4.32. The van der Waals surface area contributed by atoms with Crippen LogP contribution in [0.5, 0.6) is 0 Å². The number of tetrazole rings is 1. The summed E-state index contributed by atoms with van der Waals surface area (Å²) in [5.74, 6) is 0.371. The van der Waals surface area contributed by atoms with Crippen molar-refractivity contribution in [3.05, 3.63) is 66.1 Å². The minimum Gasteiger partial charge on any atom is -0.376 e. The normalized spacial score (nSPS) is 17.3. The largest absolute Gasteiger partial charge is 0.376 e. The highest BCUT2D eigenvalue weighted by molar-refractivity contribution is 5.85. The Labute approximate surface area is 182 Å². The molecular weight excluding hydrogens is 411 g/mol. The number of anilines is 1. The fraction of sp³-hybridized carbons (Fsp3) is 0.273. The maximum atomic E-state index is 13.8. The van der Waals surface area contributed by atoms with Gasteiger partial charge < -0.3 is 20.0 Å². The van der Waals surface area contributed by atoms with E-state index in [0.717, 1.165) is 47.1 Å². The van der Waals surface area contributed by atoms with Crippen LogP contribution in [-0.2, 0) is 11.3 Å². The number of hydrogen-bond donors (Lipinski definition) is 3. The SMILES string of the molecule is Fc1ccc2c(C(Nc3ccc4[nH]cnc4c3)c3nnnn3CC3CCCO3)c[nH]c2c1. The molecular formula is C22H21FN8O. The van der Waals surface area contributed by atoms with Crippen LogP contribution in [0.4, 0.5) is 10.1 Å². The van der Waals surface area contributed by atoms with Crippen LogP contribution in [-0.4, -0.2) is 47.9 Å². The fourth-order valence-electron chi connectivity index (χ4n) is 4.36. The molecule has 3 N–H and O–H groups in total. The van der Waals surface area contributed by atoms with Crippen LogP contribution in [0.1, 0.15) is 30.3 Å². The molecule has 1 saturated heterocycles. The van der Waals surface area contributed by atoms with Gasteiger partial charge in [0.15, 0.2) is 5.82 Å². The second kappa shape index (κ2) is 7.72. The topological polar surface area (TPSA) is 109 Å². The van der Waals surface area contributed by atoms with Crippen LogP contribution in [0.3, 0.4) is 0 Å². The second-order valence-corrected chi connectivity index (χ2v) is 8.00. The Bertz CT molecular complexity index is 1380. The first-order valence-corrected chi connectivity index (χ1v) is 10.6. The predicted molar refractivity (Wildman–Crippen MR) is 117 cm³/mol. The lowest BCUT2D eigenvalue weighted by atomic mass is 10.0. The Balaban J connectivity index is 1.43. The number of nitrogens with zero attached hydrogens (tertiary/aromatic N) is 5. The van der Waals surface area contributed by atoms with Crippen molar-refractivity contribution in [3.63, 3.8) is 0 Å². The summed E-state index contributed by atoms with van der Waals surface area (Å²) in [6.45, 7) is 1.34. The summed E-state index contributed by atoms with van der Waals surface area (Å²) >= 11 is 0. The molecule has 1 aliphatic rings. The zero-order valence-electron chi connectivity index (χ0n) is 17.1. The molecule has 32 heavy (non-hydrogen) atoms. The van der Waals surface area contributed by atoms with Gasteiger partial charge in [-0.1, -0.05) is 0 Å². The smallest absolute Gasteiger partial charge is 0.178 e. The van der Waals surface area contributed by atoms with Crippen molar-refractivity contribution in [1.29, 1.82) is 0 Å². The van der Waals surface area contributed by atoms with E-state index in [0.29, 0.717) is 17.9 Å². The first-order chi connectivity index (χ1) is 15.7. The van der Waals surface area contributed by atoms with Crippen LogP contribution in [0, 0.1) is 5.82 Å². The molecule has 0 radical (unpaired) electrons. The summed E-state index contributed by atoms with van der Waals surface area (Å²) < 4.78 is 21.4. The number of rotatable bonds is 6. The maximum Gasteiger partial charge on any atom is 0.178 e. The maximum absolute atomic E-state index is 13.8. The molecule has 3 aromatic heterocycles. The van der Waals surface area contributed by atoms with E-state index in [9.17, 15) is 4.39 Å². The number of fused-ring (bicyclic) bond motifs is 2. The number of ether oxygens (including phenoxy) is 1. The number of nitrogens with one attached hydrogen (secondary N) is 3. The minimum atomic E-state index is -0.373. The third-order valence-corrected chi connectivity index (χ3v) is 5.94. The molecule has 5 aromatic rings. The van der Waals surface area contributed by atoms with Crippen molar-refractivity contribution in [2.24, 2.45) is 0 Å². The molecule has 2 atom stereocenters. The molecule has 0 aliphatic carbocycles. The van der Waals surface area contributed by atoms with E-state index in [1.807, 2.05) is 24.4 Å². The van der Waals surface area contributed by atoms with E-state index in [-0.39, 0.29) is 18.0 Å². The van der Waals surface area contributed by atoms with Crippen LogP contribution in [0.15, 0.2) is 48.9 Å². The average Bonchev–Trinajstić information content (AvgIpc) is 3.59. The van der Waals surface area contributed by atoms with Gasteiger partial charge in [0.05, 0.1) is 30.0 Å². The van der Waals surface area contributed by atoms with Crippen molar-refractivity contribution in [3.8, 4) is 0 Å². The van der Waals surface area contributed by atoms with Gasteiger partial charge in [0.1, 0.15) is 11.9 Å². The quantitative estimate of drug-likeness (QED) is 0.379. The van der Waals surface area contributed by atoms with Gasteiger partial charge >= 0.3 is 0 Å². The zero-order valence-corrected chi connectivity index (χ0v) is 17.1. The first-order valence-electron chi connectivity index (χ1n) is 10.6. The van der Waals surface area contributed by atoms with Crippen LogP contribution in [0.2, 0.25) is 0 Å². The Hall–Kier alpha value is -3.79. The van der Waals surface area contributed by atoms with Gasteiger partial charge in [0.25, 0.3) is 0 Å². The minimum absolute atomic E-state index is 0.0929. The molecule has 4 heterocycles. The van der Waals surface area contributed by atoms with Gasteiger partial charge in [-0.15, -0.1) is 5.10 Å². The third kappa shape index (κ3) is 3.38. The highest BCUT2D eigenvalue weighted by Gasteiger charge is 2.27. The summed E-state index contributed by atoms with van der Waals surface area (Å²) in [4.78, 5) is 10.6. The predicted octanol–water partition coefficient (Wildman–Crippen LogP) is 3.55. The molecule has 0 saturated carbocycles. The van der Waals surface area contributed by atoms with Crippen molar-refractivity contribution in [1.82, 2.24) is 35.2 Å². The number of aromatic nitrogens is 7. The Morgan fingerprint density at radius 2 is 2.16 bits per heavy atom. The highest BCUT2D eigenvalue weighted by atomic mass is 19.1. The molecule has 0 amide bonds. The van der Waals surface area contributed by atoms with Gasteiger partial charge in [-0.05, 0) is 59.7 Å². The van der Waals surface area contributed by atoms with E-state index in [1.54, 1.807) is 17.1 Å². The first kappa shape index (κ1) is 18.9. The number of aromatic amines is 2. The van der Waals surface area contributed by atoms with Crippen LogP contribution < -0.4 is 5.32 Å². The molecule has 1 fully saturated rings. The summed E-state index contributed by atoms with van der Waals surface area (Å²) in [7, 11) is 0. The zero-order chi connectivity index (χ0) is 21.5. The van der Waals surface area contributed by atoms with Crippen LogP contribution in [0.25, 0.3) is 21.9 Å². The molecule has 1 aliphatic heterocycles. The number of halogens is 1. The average molecular weight is 432 g/mol. The van der Waals surface area contributed by atoms with E-state index >= 15 is 0 Å². The molecule has 0 bridgehead atoms. The Morgan fingerprint density at radius 1 is 1.19 bits per heavy atom. The number of benzene rings is 2. The number of hydrogen-bond acceptors (Lipinski definition) is 6. The van der Waals surface area contributed by atoms with Crippen molar-refractivity contribution < 1.29 is 9.13 Å². The molecule has 162 valence electrons. The third-order valence-electron chi connectivity index (χ3n) is 5.94. The lowest BCUT2D eigenvalue weighted by Gasteiger charge is -2.20. The standard InChI is InChI=1S/C22H21FN8O/c23-13-3-5-16-17(10-24-19(16)8-13)21(27-14-4-6-18-20(9-14)26-12-25-18)22-28-29-30-31(22)11-15-2-1-7-32-15/h3-6,8-10,12,15,21,24,27H,1-2,7,11H2,(H,25,26). The van der Waals surface area contributed by atoms with Gasteiger partial charge in [-0.25, -0.2) is 14.1 Å². The van der Waals surface area contributed by atoms with Gasteiger partial charge in [-0.3, -0.25) is 0 Å². The second-order valence-electron chi connectivity index (χ2n) is 8.00. The summed E-state index contributed by atoms with van der Waals surface area (Å²) in [5, 5.41) is 17.0. The molecule has 6 rings (SSSR count). The molecule has 0 spiro atoms. The van der Waals surface area contributed by atoms with Crippen molar-refractivity contribution >= 4 is 27.6 Å². The lowest BCUT2D eigenvalue weighted by Crippen LogP contribution is -2.23. The van der Waals surface area contributed by atoms with Crippen LogP contribution >= 0.6 is 0 Å². The highest BCUT2D eigenvalue weighted by Crippen LogP contribution is 2.32. The van der Waals surface area contributed by atoms with E-state index in [1.165, 1.54) is 12.1 Å². The molecule has 9 nitrogen and oxygen atoms in total. The van der Waals surface area contributed by atoms with E-state index < -0.39 is 0 Å². The van der Waals surface area contributed by atoms with Gasteiger partial charge in [-0.2, -0.15) is 0 Å². The monoisotopic (exact) mass is 432 g/mol. The lowest BCUT2D eigenvalue weighted by molar-refractivity contribution is 0.0925. The number of H-pyrrole nitrogens is 2. The van der Waals surface area contributed by atoms with E-state index in [2.05, 4.69) is 35.8 Å². The van der Waals surface area contributed by atoms with Crippen molar-refractivity contribution in [2.45, 2.75) is 31.5 Å². The fourth-order valence-corrected chi connectivity index (χ4v) is 4.36. The molecule has 10 heteroatoms. The van der Waals surface area contributed by atoms with Gasteiger partial charge in [0.2, 0.25) is 0 Å². The molecule has 2 unspecified atom stereocenters. The van der Waals surface area contributed by atoms with Gasteiger partial charge in [0, 0.05) is 35.0 Å². The van der Waals surface area contributed by atoms with E-state index in [4.69, 9.17) is 4.74 Å². The Morgan fingerprint density at radius 3 is 3.06 bits per heavy atom. The summed E-state index contributed by atoms with van der Waals surface area (Å²) in [6.07, 6.45) is 5.67. The number of imidazole rings is 1. The molecule has 2 aromatic carbocycles. The van der Waals surface area contributed by atoms with Crippen molar-refractivity contribution in [2.75, 3.05) is 11.9 Å².